The van der Waals surface area contributed by atoms with Crippen LogP contribution >= 0.6 is 27.5 Å². The van der Waals surface area contributed by atoms with Crippen molar-refractivity contribution in [2.24, 2.45) is 20.0 Å². The van der Waals surface area contributed by atoms with Crippen LogP contribution in [0.4, 0.5) is 0 Å². The van der Waals surface area contributed by atoms with E-state index in [0.717, 1.165) is 33.9 Å². The van der Waals surface area contributed by atoms with Crippen molar-refractivity contribution < 1.29 is 0 Å². The molecule has 0 fully saturated rings. The van der Waals surface area contributed by atoms with Gasteiger partial charge >= 0.3 is 5.69 Å². The number of aromatic nitrogens is 2. The maximum Gasteiger partial charge on any atom is 0.328 e. The van der Waals surface area contributed by atoms with Gasteiger partial charge in [-0.15, -0.1) is 11.6 Å². The number of rotatable bonds is 4. The summed E-state index contributed by atoms with van der Waals surface area (Å²) in [6.07, 6.45) is 2.02. The highest BCUT2D eigenvalue weighted by atomic mass is 79.9. The lowest BCUT2D eigenvalue weighted by atomic mass is 10.0. The van der Waals surface area contributed by atoms with Crippen molar-refractivity contribution in [1.29, 1.82) is 0 Å². The van der Waals surface area contributed by atoms with Gasteiger partial charge in [-0.05, 0) is 36.5 Å². The van der Waals surface area contributed by atoms with Crippen molar-refractivity contribution in [3.8, 4) is 0 Å². The van der Waals surface area contributed by atoms with E-state index in [1.54, 1.807) is 23.2 Å². The Morgan fingerprint density at radius 3 is 2.25 bits per heavy atom. The smallest absolute Gasteiger partial charge is 0.295 e. The SMILES string of the molecule is CC(C)CCC(Cl)c1cc2c(cc1Br)n(C)c(=O)n2C. The van der Waals surface area contributed by atoms with Crippen molar-refractivity contribution in [3.05, 3.63) is 32.7 Å². The molecule has 0 N–H and O–H groups in total. The molecule has 0 aliphatic carbocycles. The molecule has 0 radical (unpaired) electrons. The van der Waals surface area contributed by atoms with Crippen LogP contribution in [0.3, 0.4) is 0 Å². The Bertz CT molecular complexity index is 687. The van der Waals surface area contributed by atoms with Crippen molar-refractivity contribution >= 4 is 38.6 Å². The van der Waals surface area contributed by atoms with E-state index < -0.39 is 0 Å². The van der Waals surface area contributed by atoms with Gasteiger partial charge in [0.05, 0.1) is 16.4 Å². The Kier molecular flexibility index (Phi) is 4.65. The van der Waals surface area contributed by atoms with Crippen LogP contribution in [0, 0.1) is 5.92 Å². The van der Waals surface area contributed by atoms with E-state index in [1.165, 1.54) is 0 Å². The van der Waals surface area contributed by atoms with Gasteiger partial charge in [-0.25, -0.2) is 4.79 Å². The molecule has 0 aliphatic heterocycles. The summed E-state index contributed by atoms with van der Waals surface area (Å²) in [5, 5.41) is -0.0357. The summed E-state index contributed by atoms with van der Waals surface area (Å²) in [4.78, 5) is 12.0. The first-order chi connectivity index (χ1) is 9.32. The Morgan fingerprint density at radius 2 is 1.70 bits per heavy atom. The summed E-state index contributed by atoms with van der Waals surface area (Å²) in [5.74, 6) is 0.639. The fourth-order valence-electron chi connectivity index (χ4n) is 2.41. The van der Waals surface area contributed by atoms with Crippen molar-refractivity contribution in [2.75, 3.05) is 0 Å². The van der Waals surface area contributed by atoms with Gasteiger partial charge in [0.25, 0.3) is 0 Å². The Labute approximate surface area is 132 Å². The third kappa shape index (κ3) is 2.82. The van der Waals surface area contributed by atoms with E-state index in [1.807, 2.05) is 12.1 Å². The quantitative estimate of drug-likeness (QED) is 0.745. The first-order valence-corrected chi connectivity index (χ1v) is 8.04. The van der Waals surface area contributed by atoms with Crippen molar-refractivity contribution in [1.82, 2.24) is 9.13 Å². The standard InChI is InChI=1S/C15H20BrClN2O/c1-9(2)5-6-12(17)10-7-13-14(8-11(10)16)19(4)15(20)18(13)3/h7-9,12H,5-6H2,1-4H3. The Hall–Kier alpha value is -0.740. The van der Waals surface area contributed by atoms with Crippen molar-refractivity contribution in [2.45, 2.75) is 32.1 Å². The predicted octanol–water partition coefficient (Wildman–Crippen LogP) is 4.36. The zero-order valence-corrected chi connectivity index (χ0v) is 14.6. The number of nitrogens with zero attached hydrogens (tertiary/aromatic N) is 2. The Morgan fingerprint density at radius 1 is 1.15 bits per heavy atom. The lowest BCUT2D eigenvalue weighted by Gasteiger charge is -2.14. The molecule has 0 aliphatic rings. The molecular formula is C15H20BrClN2O. The highest BCUT2D eigenvalue weighted by Crippen LogP contribution is 2.35. The highest BCUT2D eigenvalue weighted by molar-refractivity contribution is 9.10. The molecule has 110 valence electrons. The largest absolute Gasteiger partial charge is 0.328 e. The minimum absolute atomic E-state index is 0.0163. The van der Waals surface area contributed by atoms with Crippen molar-refractivity contribution in [3.63, 3.8) is 0 Å². The lowest BCUT2D eigenvalue weighted by Crippen LogP contribution is -2.19. The number of hydrogen-bond donors (Lipinski definition) is 0. The highest BCUT2D eigenvalue weighted by Gasteiger charge is 2.16. The van der Waals surface area contributed by atoms with Gasteiger partial charge in [0.1, 0.15) is 0 Å². The maximum atomic E-state index is 12.0. The topological polar surface area (TPSA) is 26.9 Å². The van der Waals surface area contributed by atoms with Gasteiger partial charge in [-0.1, -0.05) is 29.8 Å². The fraction of sp³-hybridized carbons (Fsp3) is 0.533. The first kappa shape index (κ1) is 15.6. The number of benzene rings is 1. The van der Waals surface area contributed by atoms with E-state index in [0.29, 0.717) is 5.92 Å². The second kappa shape index (κ2) is 5.94. The summed E-state index contributed by atoms with van der Waals surface area (Å²) in [6, 6.07) is 4.01. The van der Waals surface area contributed by atoms with Crippen LogP contribution in [0.15, 0.2) is 21.4 Å². The average molecular weight is 360 g/mol. The molecule has 1 heterocycles. The third-order valence-corrected chi connectivity index (χ3v) is 4.87. The summed E-state index contributed by atoms with van der Waals surface area (Å²) >= 11 is 10.1. The zero-order chi connectivity index (χ0) is 15.0. The van der Waals surface area contributed by atoms with Crippen LogP contribution in [-0.4, -0.2) is 9.13 Å². The molecule has 0 saturated carbocycles. The van der Waals surface area contributed by atoms with Crippen LogP contribution in [-0.2, 0) is 14.1 Å². The van der Waals surface area contributed by atoms with Gasteiger partial charge < -0.3 is 0 Å². The fourth-order valence-corrected chi connectivity index (χ4v) is 3.46. The molecule has 0 spiro atoms. The van der Waals surface area contributed by atoms with E-state index >= 15 is 0 Å². The molecule has 1 aromatic heterocycles. The molecular weight excluding hydrogens is 340 g/mol. The van der Waals surface area contributed by atoms with Crippen LogP contribution < -0.4 is 5.69 Å². The number of fused-ring (bicyclic) bond motifs is 1. The summed E-state index contributed by atoms with van der Waals surface area (Å²) in [5.41, 5.74) is 2.88. The van der Waals surface area contributed by atoms with Gasteiger partial charge in [0, 0.05) is 18.6 Å². The monoisotopic (exact) mass is 358 g/mol. The molecule has 1 unspecified atom stereocenters. The molecule has 5 heteroatoms. The molecule has 2 rings (SSSR count). The molecule has 20 heavy (non-hydrogen) atoms. The summed E-state index contributed by atoms with van der Waals surface area (Å²) < 4.78 is 4.29. The molecule has 1 aromatic carbocycles. The molecule has 0 bridgehead atoms. The minimum atomic E-state index is -0.0357. The first-order valence-electron chi connectivity index (χ1n) is 6.81. The molecule has 0 amide bonds. The van der Waals surface area contributed by atoms with E-state index in [9.17, 15) is 4.79 Å². The van der Waals surface area contributed by atoms with Gasteiger partial charge in [-0.2, -0.15) is 0 Å². The normalized spacial score (nSPS) is 13.3. The second-order valence-electron chi connectivity index (χ2n) is 5.70. The van der Waals surface area contributed by atoms with Gasteiger partial charge in [-0.3, -0.25) is 9.13 Å². The number of hydrogen-bond acceptors (Lipinski definition) is 1. The molecule has 2 aromatic rings. The van der Waals surface area contributed by atoms with E-state index in [-0.39, 0.29) is 11.1 Å². The molecule has 1 atom stereocenters. The second-order valence-corrected chi connectivity index (χ2v) is 7.08. The van der Waals surface area contributed by atoms with Gasteiger partial charge in [0.2, 0.25) is 0 Å². The number of imidazole rings is 1. The van der Waals surface area contributed by atoms with E-state index in [2.05, 4.69) is 29.8 Å². The van der Waals surface area contributed by atoms with Crippen LogP contribution in [0.5, 0.6) is 0 Å². The van der Waals surface area contributed by atoms with E-state index in [4.69, 9.17) is 11.6 Å². The zero-order valence-electron chi connectivity index (χ0n) is 12.3. The summed E-state index contributed by atoms with van der Waals surface area (Å²) in [6.45, 7) is 4.39. The third-order valence-electron chi connectivity index (χ3n) is 3.73. The number of halogens is 2. The Balaban J connectivity index is 2.47. The van der Waals surface area contributed by atoms with Gasteiger partial charge in [0.15, 0.2) is 0 Å². The van der Waals surface area contributed by atoms with Crippen LogP contribution in [0.25, 0.3) is 11.0 Å². The maximum absolute atomic E-state index is 12.0. The van der Waals surface area contributed by atoms with Crippen LogP contribution in [0.1, 0.15) is 37.6 Å². The number of aryl methyl sites for hydroxylation is 2. The minimum Gasteiger partial charge on any atom is -0.295 e. The molecule has 0 saturated heterocycles. The average Bonchev–Trinajstić information content (AvgIpc) is 2.60. The van der Waals surface area contributed by atoms with Crippen LogP contribution in [0.2, 0.25) is 0 Å². The number of alkyl halides is 1. The summed E-state index contributed by atoms with van der Waals surface area (Å²) in [7, 11) is 3.58. The lowest BCUT2D eigenvalue weighted by molar-refractivity contribution is 0.549. The predicted molar refractivity (Wildman–Crippen MR) is 88.5 cm³/mol. The molecule has 3 nitrogen and oxygen atoms in total.